The Labute approximate surface area is 117 Å². The lowest BCUT2D eigenvalue weighted by Gasteiger charge is -2.38. The Morgan fingerprint density at radius 1 is 1.63 bits per heavy atom. The third kappa shape index (κ3) is 3.25. The van der Waals surface area contributed by atoms with Crippen LogP contribution in [0.25, 0.3) is 0 Å². The van der Waals surface area contributed by atoms with Gasteiger partial charge in [0, 0.05) is 11.9 Å². The molecule has 106 valence electrons. The van der Waals surface area contributed by atoms with Gasteiger partial charge in [-0.3, -0.25) is 0 Å². The first-order valence-electron chi connectivity index (χ1n) is 6.66. The van der Waals surface area contributed by atoms with Gasteiger partial charge in [0.15, 0.2) is 10.8 Å². The summed E-state index contributed by atoms with van der Waals surface area (Å²) in [7, 11) is 0. The van der Waals surface area contributed by atoms with Crippen molar-refractivity contribution in [2.75, 3.05) is 24.7 Å². The molecule has 19 heavy (non-hydrogen) atoms. The van der Waals surface area contributed by atoms with Crippen LogP contribution in [-0.2, 0) is 9.47 Å². The zero-order valence-corrected chi connectivity index (χ0v) is 12.4. The summed E-state index contributed by atoms with van der Waals surface area (Å²) in [5, 5.41) is 2.64. The molecule has 0 saturated carbocycles. The van der Waals surface area contributed by atoms with E-state index in [1.165, 1.54) is 11.3 Å². The second-order valence-electron chi connectivity index (χ2n) is 4.59. The second kappa shape index (κ2) is 6.34. The van der Waals surface area contributed by atoms with Crippen molar-refractivity contribution in [1.82, 2.24) is 4.98 Å². The van der Waals surface area contributed by atoms with E-state index in [1.807, 2.05) is 0 Å². The SMILES string of the molecule is CCOC(=O)c1csc(N2CC(C)OCC2CC)n1. The van der Waals surface area contributed by atoms with E-state index in [4.69, 9.17) is 9.47 Å². The first kappa shape index (κ1) is 14.3. The summed E-state index contributed by atoms with van der Waals surface area (Å²) in [6.07, 6.45) is 1.19. The molecule has 1 aromatic heterocycles. The molecule has 2 heterocycles. The summed E-state index contributed by atoms with van der Waals surface area (Å²) in [4.78, 5) is 18.3. The molecule has 0 bridgehead atoms. The smallest absolute Gasteiger partial charge is 0.357 e. The van der Waals surface area contributed by atoms with Crippen molar-refractivity contribution >= 4 is 22.4 Å². The van der Waals surface area contributed by atoms with Gasteiger partial charge in [0.05, 0.1) is 25.4 Å². The Kier molecular flexibility index (Phi) is 4.76. The van der Waals surface area contributed by atoms with Crippen molar-refractivity contribution < 1.29 is 14.3 Å². The third-order valence-corrected chi connectivity index (χ3v) is 4.04. The normalized spacial score (nSPS) is 23.4. The van der Waals surface area contributed by atoms with Gasteiger partial charge in [-0.2, -0.15) is 0 Å². The van der Waals surface area contributed by atoms with E-state index in [1.54, 1.807) is 12.3 Å². The maximum Gasteiger partial charge on any atom is 0.357 e. The van der Waals surface area contributed by atoms with Crippen LogP contribution in [0.3, 0.4) is 0 Å². The predicted octanol–water partition coefficient (Wildman–Crippen LogP) is 2.32. The van der Waals surface area contributed by atoms with E-state index < -0.39 is 0 Å². The Morgan fingerprint density at radius 3 is 3.11 bits per heavy atom. The van der Waals surface area contributed by atoms with Crippen molar-refractivity contribution in [2.45, 2.75) is 39.3 Å². The number of esters is 1. The monoisotopic (exact) mass is 284 g/mol. The molecule has 1 aliphatic heterocycles. The van der Waals surface area contributed by atoms with Crippen molar-refractivity contribution in [3.63, 3.8) is 0 Å². The molecule has 2 atom stereocenters. The number of anilines is 1. The molecule has 1 aromatic rings. The lowest BCUT2D eigenvalue weighted by atomic mass is 10.1. The molecule has 0 aliphatic carbocycles. The fourth-order valence-corrected chi connectivity index (χ4v) is 2.99. The average Bonchev–Trinajstić information content (AvgIpc) is 2.88. The fourth-order valence-electron chi connectivity index (χ4n) is 2.11. The summed E-state index contributed by atoms with van der Waals surface area (Å²) in [5.74, 6) is -0.348. The van der Waals surface area contributed by atoms with Gasteiger partial charge in [0.25, 0.3) is 0 Å². The standard InChI is InChI=1S/C13H20N2O3S/c1-4-10-7-18-9(3)6-15(10)13-14-11(8-19-13)12(16)17-5-2/h8-10H,4-7H2,1-3H3. The van der Waals surface area contributed by atoms with E-state index in [0.29, 0.717) is 24.9 Å². The molecule has 0 spiro atoms. The van der Waals surface area contributed by atoms with Gasteiger partial charge in [0.2, 0.25) is 0 Å². The minimum atomic E-state index is -0.348. The first-order chi connectivity index (χ1) is 9.15. The van der Waals surface area contributed by atoms with Crippen LogP contribution in [0.4, 0.5) is 5.13 Å². The average molecular weight is 284 g/mol. The van der Waals surface area contributed by atoms with E-state index in [-0.39, 0.29) is 12.1 Å². The molecule has 1 fully saturated rings. The molecule has 5 nitrogen and oxygen atoms in total. The molecule has 6 heteroatoms. The first-order valence-corrected chi connectivity index (χ1v) is 7.54. The van der Waals surface area contributed by atoms with Crippen LogP contribution in [0.1, 0.15) is 37.7 Å². The molecular formula is C13H20N2O3S. The van der Waals surface area contributed by atoms with E-state index in [0.717, 1.165) is 18.1 Å². The van der Waals surface area contributed by atoms with Gasteiger partial charge in [-0.1, -0.05) is 6.92 Å². The van der Waals surface area contributed by atoms with E-state index in [2.05, 4.69) is 23.7 Å². The van der Waals surface area contributed by atoms with Gasteiger partial charge in [-0.05, 0) is 20.3 Å². The van der Waals surface area contributed by atoms with Crippen LogP contribution in [0, 0.1) is 0 Å². The van der Waals surface area contributed by atoms with Crippen molar-refractivity contribution in [3.05, 3.63) is 11.1 Å². The van der Waals surface area contributed by atoms with Gasteiger partial charge in [-0.25, -0.2) is 9.78 Å². The molecule has 1 aliphatic rings. The minimum absolute atomic E-state index is 0.192. The maximum absolute atomic E-state index is 11.6. The van der Waals surface area contributed by atoms with Gasteiger partial charge in [-0.15, -0.1) is 11.3 Å². The van der Waals surface area contributed by atoms with Gasteiger partial charge >= 0.3 is 5.97 Å². The number of ether oxygens (including phenoxy) is 2. The summed E-state index contributed by atoms with van der Waals surface area (Å²) in [5.41, 5.74) is 0.399. The number of hydrogen-bond donors (Lipinski definition) is 0. The fraction of sp³-hybridized carbons (Fsp3) is 0.692. The maximum atomic E-state index is 11.6. The van der Waals surface area contributed by atoms with Crippen LogP contribution in [0.5, 0.6) is 0 Å². The molecule has 2 unspecified atom stereocenters. The molecule has 0 aromatic carbocycles. The number of rotatable bonds is 4. The third-order valence-electron chi connectivity index (χ3n) is 3.16. The highest BCUT2D eigenvalue weighted by Gasteiger charge is 2.28. The minimum Gasteiger partial charge on any atom is -0.461 e. The topological polar surface area (TPSA) is 51.7 Å². The summed E-state index contributed by atoms with van der Waals surface area (Å²) < 4.78 is 10.6. The predicted molar refractivity (Wildman–Crippen MR) is 74.9 cm³/mol. The Balaban J connectivity index is 2.13. The van der Waals surface area contributed by atoms with Crippen LogP contribution in [0.2, 0.25) is 0 Å². The number of morpholine rings is 1. The number of thiazole rings is 1. The van der Waals surface area contributed by atoms with Gasteiger partial charge in [0.1, 0.15) is 0 Å². The highest BCUT2D eigenvalue weighted by molar-refractivity contribution is 7.13. The molecule has 0 radical (unpaired) electrons. The van der Waals surface area contributed by atoms with E-state index in [9.17, 15) is 4.79 Å². The number of nitrogens with zero attached hydrogens (tertiary/aromatic N) is 2. The lowest BCUT2D eigenvalue weighted by molar-refractivity contribution is 0.0299. The van der Waals surface area contributed by atoms with Crippen LogP contribution < -0.4 is 4.90 Å². The summed E-state index contributed by atoms with van der Waals surface area (Å²) >= 11 is 1.49. The summed E-state index contributed by atoms with van der Waals surface area (Å²) in [6, 6.07) is 0.331. The van der Waals surface area contributed by atoms with Gasteiger partial charge < -0.3 is 14.4 Å². The quantitative estimate of drug-likeness (QED) is 0.794. The molecule has 2 rings (SSSR count). The molecule has 0 N–H and O–H groups in total. The zero-order chi connectivity index (χ0) is 13.8. The lowest BCUT2D eigenvalue weighted by Crippen LogP contribution is -2.48. The largest absolute Gasteiger partial charge is 0.461 e. The molecule has 0 amide bonds. The Hall–Kier alpha value is -1.14. The highest BCUT2D eigenvalue weighted by Crippen LogP contribution is 2.27. The zero-order valence-electron chi connectivity index (χ0n) is 11.6. The Bertz CT molecular complexity index is 435. The van der Waals surface area contributed by atoms with Crippen LogP contribution in [-0.4, -0.2) is 42.9 Å². The van der Waals surface area contributed by atoms with Crippen LogP contribution in [0.15, 0.2) is 5.38 Å². The van der Waals surface area contributed by atoms with Crippen molar-refractivity contribution in [2.24, 2.45) is 0 Å². The van der Waals surface area contributed by atoms with Crippen molar-refractivity contribution in [1.29, 1.82) is 0 Å². The molecular weight excluding hydrogens is 264 g/mol. The number of hydrogen-bond acceptors (Lipinski definition) is 6. The highest BCUT2D eigenvalue weighted by atomic mass is 32.1. The van der Waals surface area contributed by atoms with E-state index >= 15 is 0 Å². The molecule has 1 saturated heterocycles. The van der Waals surface area contributed by atoms with Crippen molar-refractivity contribution in [3.8, 4) is 0 Å². The second-order valence-corrected chi connectivity index (χ2v) is 5.43. The van der Waals surface area contributed by atoms with Crippen LogP contribution >= 0.6 is 11.3 Å². The number of carbonyl (C=O) groups is 1. The number of aromatic nitrogens is 1. The summed E-state index contributed by atoms with van der Waals surface area (Å²) in [6.45, 7) is 7.88. The Morgan fingerprint density at radius 2 is 2.42 bits per heavy atom. The number of carbonyl (C=O) groups excluding carboxylic acids is 1.